The zero-order valence-electron chi connectivity index (χ0n) is 16.0. The average Bonchev–Trinajstić information content (AvgIpc) is 2.78. The summed E-state index contributed by atoms with van der Waals surface area (Å²) >= 11 is 1.27. The molecule has 0 bridgehead atoms. The average molecular weight is 411 g/mol. The molecule has 150 valence electrons. The highest BCUT2D eigenvalue weighted by Gasteiger charge is 2.19. The van der Waals surface area contributed by atoms with E-state index in [4.69, 9.17) is 9.47 Å². The monoisotopic (exact) mass is 411 g/mol. The lowest BCUT2D eigenvalue weighted by molar-refractivity contribution is -0.132. The SMILES string of the molecule is COc1cccc(-n2c(SCC(=O)N3CCOCC3)nc3ccccc3c2=O)c1. The fourth-order valence-corrected chi connectivity index (χ4v) is 4.13. The summed E-state index contributed by atoms with van der Waals surface area (Å²) in [5, 5.41) is 1.00. The predicted molar refractivity (Wildman–Crippen MR) is 112 cm³/mol. The molecule has 0 spiro atoms. The first-order valence-corrected chi connectivity index (χ1v) is 10.3. The van der Waals surface area contributed by atoms with Gasteiger partial charge in [-0.3, -0.25) is 14.2 Å². The second-order valence-electron chi connectivity index (χ2n) is 6.54. The number of hydrogen-bond acceptors (Lipinski definition) is 6. The fourth-order valence-electron chi connectivity index (χ4n) is 3.22. The van der Waals surface area contributed by atoms with Gasteiger partial charge in [0.25, 0.3) is 5.56 Å². The zero-order valence-corrected chi connectivity index (χ0v) is 16.9. The molecule has 2 aromatic carbocycles. The molecule has 3 aromatic rings. The zero-order chi connectivity index (χ0) is 20.2. The van der Waals surface area contributed by atoms with Crippen LogP contribution in [0.2, 0.25) is 0 Å². The van der Waals surface area contributed by atoms with E-state index in [1.807, 2.05) is 30.3 Å². The molecule has 0 saturated carbocycles. The summed E-state index contributed by atoms with van der Waals surface area (Å²) in [4.78, 5) is 32.3. The van der Waals surface area contributed by atoms with Crippen molar-refractivity contribution in [2.45, 2.75) is 5.16 Å². The number of carbonyl (C=O) groups is 1. The molecule has 0 unspecified atom stereocenters. The molecule has 1 saturated heterocycles. The van der Waals surface area contributed by atoms with Gasteiger partial charge in [0.2, 0.25) is 5.91 Å². The van der Waals surface area contributed by atoms with Crippen molar-refractivity contribution >= 4 is 28.6 Å². The molecule has 8 heteroatoms. The molecular formula is C21H21N3O4S. The molecule has 4 rings (SSSR count). The van der Waals surface area contributed by atoms with Crippen molar-refractivity contribution in [3.63, 3.8) is 0 Å². The number of hydrogen-bond donors (Lipinski definition) is 0. The van der Waals surface area contributed by atoms with Crippen LogP contribution in [0.25, 0.3) is 16.6 Å². The van der Waals surface area contributed by atoms with Gasteiger partial charge >= 0.3 is 0 Å². The van der Waals surface area contributed by atoms with Gasteiger partial charge in [-0.1, -0.05) is 30.0 Å². The molecule has 0 aliphatic carbocycles. The summed E-state index contributed by atoms with van der Waals surface area (Å²) in [6.45, 7) is 2.29. The third-order valence-electron chi connectivity index (χ3n) is 4.74. The molecular weight excluding hydrogens is 390 g/mol. The second kappa shape index (κ2) is 8.67. The molecule has 1 aliphatic rings. The molecule has 0 atom stereocenters. The van der Waals surface area contributed by atoms with Crippen LogP contribution in [0.3, 0.4) is 0 Å². The Balaban J connectivity index is 1.73. The number of benzene rings is 2. The van der Waals surface area contributed by atoms with Crippen LogP contribution in [0.15, 0.2) is 58.5 Å². The van der Waals surface area contributed by atoms with Gasteiger partial charge in [0.1, 0.15) is 5.75 Å². The minimum absolute atomic E-state index is 0.0119. The van der Waals surface area contributed by atoms with Gasteiger partial charge in [0.15, 0.2) is 5.16 Å². The number of ether oxygens (including phenoxy) is 2. The maximum atomic E-state index is 13.3. The molecule has 1 aliphatic heterocycles. The predicted octanol–water partition coefficient (Wildman–Crippen LogP) is 2.35. The summed E-state index contributed by atoms with van der Waals surface area (Å²) in [6, 6.07) is 14.5. The second-order valence-corrected chi connectivity index (χ2v) is 7.48. The summed E-state index contributed by atoms with van der Waals surface area (Å²) in [5.41, 5.74) is 1.08. The summed E-state index contributed by atoms with van der Waals surface area (Å²) in [5.74, 6) is 0.857. The number of morpholine rings is 1. The summed E-state index contributed by atoms with van der Waals surface area (Å²) < 4.78 is 12.2. The molecule has 1 fully saturated rings. The van der Waals surface area contributed by atoms with Gasteiger partial charge in [-0.15, -0.1) is 0 Å². The number of aromatic nitrogens is 2. The van der Waals surface area contributed by atoms with Crippen LogP contribution in [0.5, 0.6) is 5.75 Å². The van der Waals surface area contributed by atoms with Crippen molar-refractivity contribution < 1.29 is 14.3 Å². The summed E-state index contributed by atoms with van der Waals surface area (Å²) in [7, 11) is 1.58. The number of carbonyl (C=O) groups excluding carboxylic acids is 1. The standard InChI is InChI=1S/C21H21N3O4S/c1-27-16-6-4-5-15(13-16)24-20(26)17-7-2-3-8-18(17)22-21(24)29-14-19(25)23-9-11-28-12-10-23/h2-8,13H,9-12,14H2,1H3. The van der Waals surface area contributed by atoms with Crippen molar-refractivity contribution in [2.24, 2.45) is 0 Å². The van der Waals surface area contributed by atoms with E-state index >= 15 is 0 Å². The lowest BCUT2D eigenvalue weighted by atomic mass is 10.2. The van der Waals surface area contributed by atoms with Gasteiger partial charge < -0.3 is 14.4 Å². The van der Waals surface area contributed by atoms with E-state index < -0.39 is 0 Å². The highest BCUT2D eigenvalue weighted by atomic mass is 32.2. The largest absolute Gasteiger partial charge is 0.497 e. The normalized spacial score (nSPS) is 14.2. The van der Waals surface area contributed by atoms with Gasteiger partial charge in [-0.2, -0.15) is 0 Å². The third kappa shape index (κ3) is 4.13. The maximum Gasteiger partial charge on any atom is 0.266 e. The molecule has 0 N–H and O–H groups in total. The Morgan fingerprint density at radius 1 is 1.17 bits per heavy atom. The Morgan fingerprint density at radius 3 is 2.76 bits per heavy atom. The number of fused-ring (bicyclic) bond motifs is 1. The third-order valence-corrected chi connectivity index (χ3v) is 5.67. The first-order valence-electron chi connectivity index (χ1n) is 9.32. The molecule has 29 heavy (non-hydrogen) atoms. The Labute approximate surface area is 172 Å². The van der Waals surface area contributed by atoms with E-state index in [0.29, 0.717) is 53.8 Å². The van der Waals surface area contributed by atoms with Gasteiger partial charge in [0.05, 0.1) is 42.7 Å². The Morgan fingerprint density at radius 2 is 1.97 bits per heavy atom. The number of para-hydroxylation sites is 1. The van der Waals surface area contributed by atoms with Crippen LogP contribution in [0, 0.1) is 0 Å². The minimum atomic E-state index is -0.176. The molecule has 1 aromatic heterocycles. The topological polar surface area (TPSA) is 73.7 Å². The Kier molecular flexibility index (Phi) is 5.82. The van der Waals surface area contributed by atoms with E-state index in [2.05, 4.69) is 4.98 Å². The van der Waals surface area contributed by atoms with Gasteiger partial charge in [-0.05, 0) is 24.3 Å². The van der Waals surface area contributed by atoms with E-state index in [1.54, 1.807) is 34.8 Å². The van der Waals surface area contributed by atoms with Crippen LogP contribution >= 0.6 is 11.8 Å². The van der Waals surface area contributed by atoms with Crippen molar-refractivity contribution in [2.75, 3.05) is 39.2 Å². The van der Waals surface area contributed by atoms with Crippen molar-refractivity contribution in [3.05, 3.63) is 58.9 Å². The lowest BCUT2D eigenvalue weighted by Gasteiger charge is -2.26. The van der Waals surface area contributed by atoms with E-state index in [9.17, 15) is 9.59 Å². The maximum absolute atomic E-state index is 13.3. The van der Waals surface area contributed by atoms with Crippen LogP contribution in [0.4, 0.5) is 0 Å². The van der Waals surface area contributed by atoms with E-state index in [1.165, 1.54) is 11.8 Å². The Bertz CT molecular complexity index is 1090. The highest BCUT2D eigenvalue weighted by Crippen LogP contribution is 2.24. The van der Waals surface area contributed by atoms with Crippen molar-refractivity contribution in [3.8, 4) is 11.4 Å². The summed E-state index contributed by atoms with van der Waals surface area (Å²) in [6.07, 6.45) is 0. The highest BCUT2D eigenvalue weighted by molar-refractivity contribution is 7.99. The first-order chi connectivity index (χ1) is 14.2. The number of nitrogens with zero attached hydrogens (tertiary/aromatic N) is 3. The van der Waals surface area contributed by atoms with E-state index in [0.717, 1.165) is 0 Å². The van der Waals surface area contributed by atoms with Crippen molar-refractivity contribution in [1.82, 2.24) is 14.5 Å². The van der Waals surface area contributed by atoms with Crippen LogP contribution in [0.1, 0.15) is 0 Å². The fraction of sp³-hybridized carbons (Fsp3) is 0.286. The quantitative estimate of drug-likeness (QED) is 0.474. The number of rotatable bonds is 5. The van der Waals surface area contributed by atoms with Gasteiger partial charge in [0, 0.05) is 19.2 Å². The van der Waals surface area contributed by atoms with Crippen LogP contribution < -0.4 is 10.3 Å². The number of methoxy groups -OCH3 is 1. The van der Waals surface area contributed by atoms with E-state index in [-0.39, 0.29) is 17.2 Å². The Hall–Kier alpha value is -2.84. The van der Waals surface area contributed by atoms with Crippen LogP contribution in [-0.2, 0) is 9.53 Å². The van der Waals surface area contributed by atoms with Gasteiger partial charge in [-0.25, -0.2) is 4.98 Å². The smallest absolute Gasteiger partial charge is 0.266 e. The molecule has 7 nitrogen and oxygen atoms in total. The van der Waals surface area contributed by atoms with Crippen molar-refractivity contribution in [1.29, 1.82) is 0 Å². The minimum Gasteiger partial charge on any atom is -0.497 e. The van der Waals surface area contributed by atoms with Crippen LogP contribution in [-0.4, -0.2) is 59.5 Å². The number of thioether (sulfide) groups is 1. The molecule has 1 amide bonds. The lowest BCUT2D eigenvalue weighted by Crippen LogP contribution is -2.41. The molecule has 0 radical (unpaired) electrons. The molecule has 2 heterocycles. The first kappa shape index (κ1) is 19.5. The number of amides is 1.